The maximum atomic E-state index is 12.5. The lowest BCUT2D eigenvalue weighted by Crippen LogP contribution is -2.60. The standard InChI is InChI=1S/C18H22ClN3O/c1-16-11-22(21-10-12-3-5-14(19)6-4-12)18(15(20)23)9-13(16)7-8-17(16,18)2/h3-6,10,13H,7-9,11H2,1-2H3,(H2,20,23)/b21-10-/t13-,16+,17-,18+/m1/s1. The first kappa shape index (κ1) is 15.0. The van der Waals surface area contributed by atoms with E-state index in [4.69, 9.17) is 17.3 Å². The van der Waals surface area contributed by atoms with Gasteiger partial charge in [0.1, 0.15) is 5.54 Å². The molecule has 2 aliphatic carbocycles. The van der Waals surface area contributed by atoms with E-state index in [1.807, 2.05) is 35.5 Å². The first-order valence-corrected chi connectivity index (χ1v) is 8.58. The van der Waals surface area contributed by atoms with E-state index in [1.54, 1.807) is 0 Å². The molecule has 3 fully saturated rings. The van der Waals surface area contributed by atoms with E-state index in [-0.39, 0.29) is 16.7 Å². The van der Waals surface area contributed by atoms with Crippen LogP contribution in [0.3, 0.4) is 0 Å². The molecule has 0 spiro atoms. The maximum Gasteiger partial charge on any atom is 0.245 e. The lowest BCUT2D eigenvalue weighted by molar-refractivity contribution is -0.135. The molecule has 1 aliphatic heterocycles. The number of carbonyl (C=O) groups is 1. The van der Waals surface area contributed by atoms with Gasteiger partial charge in [-0.3, -0.25) is 9.80 Å². The van der Waals surface area contributed by atoms with Crippen LogP contribution >= 0.6 is 11.6 Å². The van der Waals surface area contributed by atoms with Crippen LogP contribution in [0.1, 0.15) is 38.7 Å². The minimum Gasteiger partial charge on any atom is -0.368 e. The Morgan fingerprint density at radius 1 is 1.39 bits per heavy atom. The zero-order valence-electron chi connectivity index (χ0n) is 13.6. The Hall–Kier alpha value is -1.55. The highest BCUT2D eigenvalue weighted by Crippen LogP contribution is 2.75. The van der Waals surface area contributed by atoms with Crippen molar-refractivity contribution in [2.45, 2.75) is 38.6 Å². The van der Waals surface area contributed by atoms with Crippen LogP contribution in [0.25, 0.3) is 0 Å². The van der Waals surface area contributed by atoms with Gasteiger partial charge in [-0.1, -0.05) is 37.6 Å². The molecule has 23 heavy (non-hydrogen) atoms. The number of nitrogens with two attached hydrogens (primary N) is 1. The van der Waals surface area contributed by atoms with Crippen molar-refractivity contribution in [3.8, 4) is 0 Å². The molecule has 3 aliphatic rings. The van der Waals surface area contributed by atoms with E-state index >= 15 is 0 Å². The van der Waals surface area contributed by atoms with Crippen molar-refractivity contribution < 1.29 is 4.79 Å². The average Bonchev–Trinajstić information content (AvgIpc) is 2.96. The predicted octanol–water partition coefficient (Wildman–Crippen LogP) is 3.04. The second-order valence-electron chi connectivity index (χ2n) is 7.77. The first-order chi connectivity index (χ1) is 10.8. The Bertz CT molecular complexity index is 703. The van der Waals surface area contributed by atoms with Crippen molar-refractivity contribution in [3.63, 3.8) is 0 Å². The summed E-state index contributed by atoms with van der Waals surface area (Å²) in [6, 6.07) is 7.53. The molecule has 122 valence electrons. The average molecular weight is 332 g/mol. The number of primary amides is 1. The Kier molecular flexibility index (Phi) is 2.94. The number of nitrogens with zero attached hydrogens (tertiary/aromatic N) is 2. The van der Waals surface area contributed by atoms with Crippen LogP contribution in [0.15, 0.2) is 29.4 Å². The van der Waals surface area contributed by atoms with Gasteiger partial charge in [0, 0.05) is 17.0 Å². The normalized spacial score (nSPS) is 41.2. The van der Waals surface area contributed by atoms with Crippen molar-refractivity contribution in [3.05, 3.63) is 34.9 Å². The summed E-state index contributed by atoms with van der Waals surface area (Å²) in [5.41, 5.74) is 6.29. The van der Waals surface area contributed by atoms with Crippen LogP contribution in [0.4, 0.5) is 0 Å². The van der Waals surface area contributed by atoms with E-state index < -0.39 is 5.54 Å². The third-order valence-corrected chi connectivity index (χ3v) is 7.40. The lowest BCUT2D eigenvalue weighted by Gasteiger charge is -2.44. The summed E-state index contributed by atoms with van der Waals surface area (Å²) in [5.74, 6) is 0.362. The molecule has 1 amide bonds. The highest BCUT2D eigenvalue weighted by atomic mass is 35.5. The largest absolute Gasteiger partial charge is 0.368 e. The van der Waals surface area contributed by atoms with E-state index in [9.17, 15) is 4.79 Å². The van der Waals surface area contributed by atoms with Gasteiger partial charge in [-0.25, -0.2) is 0 Å². The number of halogens is 1. The Morgan fingerprint density at radius 3 is 2.70 bits per heavy atom. The van der Waals surface area contributed by atoms with E-state index in [2.05, 4.69) is 18.9 Å². The predicted molar refractivity (Wildman–Crippen MR) is 91.2 cm³/mol. The maximum absolute atomic E-state index is 12.5. The smallest absolute Gasteiger partial charge is 0.245 e. The van der Waals surface area contributed by atoms with Gasteiger partial charge >= 0.3 is 0 Å². The lowest BCUT2D eigenvalue weighted by atomic mass is 9.65. The summed E-state index contributed by atoms with van der Waals surface area (Å²) in [7, 11) is 0. The summed E-state index contributed by atoms with van der Waals surface area (Å²) in [4.78, 5) is 12.5. The third kappa shape index (κ3) is 1.63. The number of benzene rings is 1. The molecule has 4 bridgehead atoms. The molecule has 4 rings (SSSR count). The highest BCUT2D eigenvalue weighted by molar-refractivity contribution is 6.30. The van der Waals surface area contributed by atoms with Crippen LogP contribution in [-0.4, -0.2) is 29.2 Å². The fourth-order valence-corrected chi connectivity index (χ4v) is 5.70. The van der Waals surface area contributed by atoms with E-state index in [1.165, 1.54) is 6.42 Å². The molecule has 4 nitrogen and oxygen atoms in total. The number of carbonyl (C=O) groups excluding carboxylic acids is 1. The first-order valence-electron chi connectivity index (χ1n) is 8.21. The highest BCUT2D eigenvalue weighted by Gasteiger charge is 2.80. The van der Waals surface area contributed by atoms with Crippen molar-refractivity contribution in [1.29, 1.82) is 0 Å². The van der Waals surface area contributed by atoms with Crippen molar-refractivity contribution >= 4 is 23.7 Å². The topological polar surface area (TPSA) is 58.7 Å². The SMILES string of the molecule is C[C@]12CC[C@@H]3C[C@@]1(C(N)=O)N(/N=C\c1ccc(Cl)cc1)C[C@@]32C. The summed E-state index contributed by atoms with van der Waals surface area (Å²) in [6.45, 7) is 5.36. The minimum atomic E-state index is -0.631. The van der Waals surface area contributed by atoms with Gasteiger partial charge in [-0.05, 0) is 48.3 Å². The van der Waals surface area contributed by atoms with Gasteiger partial charge in [-0.2, -0.15) is 5.10 Å². The second kappa shape index (κ2) is 4.50. The Balaban J connectivity index is 1.71. The molecule has 2 N–H and O–H groups in total. The van der Waals surface area contributed by atoms with E-state index in [0.717, 1.165) is 24.9 Å². The van der Waals surface area contributed by atoms with Gasteiger partial charge in [-0.15, -0.1) is 0 Å². The number of amides is 1. The number of rotatable bonds is 3. The molecule has 2 saturated carbocycles. The zero-order chi connectivity index (χ0) is 16.5. The summed E-state index contributed by atoms with van der Waals surface area (Å²) >= 11 is 5.92. The van der Waals surface area contributed by atoms with Gasteiger partial charge in [0.05, 0.1) is 6.21 Å². The molecule has 1 saturated heterocycles. The van der Waals surface area contributed by atoms with Crippen LogP contribution in [0, 0.1) is 16.7 Å². The fourth-order valence-electron chi connectivity index (χ4n) is 5.57. The van der Waals surface area contributed by atoms with Crippen molar-refractivity contribution in [2.75, 3.05) is 6.54 Å². The molecule has 1 aromatic rings. The van der Waals surface area contributed by atoms with E-state index in [0.29, 0.717) is 10.9 Å². The van der Waals surface area contributed by atoms with Gasteiger partial charge < -0.3 is 5.73 Å². The minimum absolute atomic E-state index is 0.0756. The van der Waals surface area contributed by atoms with Crippen LogP contribution < -0.4 is 5.73 Å². The number of piperidine rings is 1. The van der Waals surface area contributed by atoms with Crippen molar-refractivity contribution in [2.24, 2.45) is 27.6 Å². The molecule has 5 heteroatoms. The van der Waals surface area contributed by atoms with Gasteiger partial charge in [0.2, 0.25) is 5.91 Å². The molecule has 0 aromatic heterocycles. The van der Waals surface area contributed by atoms with Gasteiger partial charge in [0.15, 0.2) is 0 Å². The Labute approximate surface area is 141 Å². The van der Waals surface area contributed by atoms with Crippen LogP contribution in [0.5, 0.6) is 0 Å². The van der Waals surface area contributed by atoms with Crippen LogP contribution in [0.2, 0.25) is 5.02 Å². The summed E-state index contributed by atoms with van der Waals surface area (Å²) in [6.07, 6.45) is 4.91. The molecule has 4 atom stereocenters. The quantitative estimate of drug-likeness (QED) is 0.865. The zero-order valence-corrected chi connectivity index (χ0v) is 14.3. The fraction of sp³-hybridized carbons (Fsp3) is 0.556. The number of hydrogen-bond acceptors (Lipinski definition) is 3. The molecule has 0 radical (unpaired) electrons. The van der Waals surface area contributed by atoms with Crippen molar-refractivity contribution in [1.82, 2.24) is 5.01 Å². The third-order valence-electron chi connectivity index (χ3n) is 7.15. The molecule has 1 heterocycles. The molecular weight excluding hydrogens is 310 g/mol. The molecular formula is C18H22ClN3O. The Morgan fingerprint density at radius 2 is 2.09 bits per heavy atom. The molecule has 1 aromatic carbocycles. The monoisotopic (exact) mass is 331 g/mol. The summed E-state index contributed by atoms with van der Waals surface area (Å²) in [5, 5.41) is 7.35. The number of hydrogen-bond donors (Lipinski definition) is 1. The van der Waals surface area contributed by atoms with Crippen LogP contribution in [-0.2, 0) is 4.79 Å². The van der Waals surface area contributed by atoms with Gasteiger partial charge in [0.25, 0.3) is 0 Å². The number of hydrazone groups is 1. The summed E-state index contributed by atoms with van der Waals surface area (Å²) < 4.78 is 0. The molecule has 0 unspecified atom stereocenters. The second-order valence-corrected chi connectivity index (χ2v) is 8.20.